The maximum absolute atomic E-state index is 12.2. The van der Waals surface area contributed by atoms with Crippen molar-refractivity contribution in [1.82, 2.24) is 0 Å². The second kappa shape index (κ2) is 7.54. The average molecular weight is 394 g/mol. The van der Waals surface area contributed by atoms with Crippen LogP contribution in [0.3, 0.4) is 0 Å². The van der Waals surface area contributed by atoms with Gasteiger partial charge in [0.1, 0.15) is 5.75 Å². The molecule has 138 valence electrons. The van der Waals surface area contributed by atoms with E-state index in [-0.39, 0.29) is 23.1 Å². The Kier molecular flexibility index (Phi) is 4.78. The van der Waals surface area contributed by atoms with Crippen LogP contribution in [0.15, 0.2) is 82.0 Å². The number of para-hydroxylation sites is 1. The van der Waals surface area contributed by atoms with E-state index < -0.39 is 11.9 Å². The van der Waals surface area contributed by atoms with Crippen molar-refractivity contribution in [3.05, 3.63) is 94.5 Å². The van der Waals surface area contributed by atoms with Gasteiger partial charge in [0.15, 0.2) is 5.70 Å². The lowest BCUT2D eigenvalue weighted by molar-refractivity contribution is -0.129. The molecule has 0 aliphatic carbocycles. The minimum atomic E-state index is -0.648. The summed E-state index contributed by atoms with van der Waals surface area (Å²) < 4.78 is 15.6. The Labute approximate surface area is 164 Å². The van der Waals surface area contributed by atoms with Crippen molar-refractivity contribution >= 4 is 35.5 Å². The van der Waals surface area contributed by atoms with Crippen molar-refractivity contribution in [3.8, 4) is 5.75 Å². The molecule has 0 bridgehead atoms. The van der Waals surface area contributed by atoms with Gasteiger partial charge in [-0.05, 0) is 36.4 Å². The summed E-state index contributed by atoms with van der Waals surface area (Å²) in [5.41, 5.74) is 1.06. The highest BCUT2D eigenvalue weighted by Gasteiger charge is 2.26. The van der Waals surface area contributed by atoms with Crippen LogP contribution in [0.4, 0.5) is 0 Å². The monoisotopic (exact) mass is 393 g/mol. The molecule has 1 aliphatic rings. The van der Waals surface area contributed by atoms with Crippen molar-refractivity contribution < 1.29 is 23.5 Å². The molecular weight excluding hydrogens is 382 g/mol. The molecule has 0 spiro atoms. The van der Waals surface area contributed by atoms with Crippen molar-refractivity contribution in [2.75, 3.05) is 0 Å². The maximum Gasteiger partial charge on any atom is 0.379 e. The summed E-state index contributed by atoms with van der Waals surface area (Å²) in [5.74, 6) is -0.827. The summed E-state index contributed by atoms with van der Waals surface area (Å²) in [4.78, 5) is 28.6. The molecule has 0 amide bonds. The van der Waals surface area contributed by atoms with E-state index in [0.717, 1.165) is 0 Å². The zero-order valence-corrected chi connectivity index (χ0v) is 15.1. The Balaban J connectivity index is 1.65. The molecule has 0 saturated carbocycles. The molecule has 4 rings (SSSR count). The SMILES string of the molecule is O=C1OC(c2ccccc2Cl)=N/C1=C\c1ccccc1OC(=O)c1ccco1. The van der Waals surface area contributed by atoms with Gasteiger partial charge in [0.25, 0.3) is 0 Å². The topological polar surface area (TPSA) is 78.1 Å². The number of aliphatic imine (C=N–C) groups is 1. The Morgan fingerprint density at radius 1 is 1.04 bits per heavy atom. The third-order valence-electron chi connectivity index (χ3n) is 3.86. The van der Waals surface area contributed by atoms with Crippen LogP contribution >= 0.6 is 11.6 Å². The number of hydrogen-bond acceptors (Lipinski definition) is 6. The molecular formula is C21H12ClNO5. The standard InChI is InChI=1S/C21H12ClNO5/c22-15-8-3-2-7-14(15)19-23-16(20(24)28-19)12-13-6-1-4-9-17(13)27-21(25)18-10-5-11-26-18/h1-12H/b16-12-. The number of esters is 2. The molecule has 0 atom stereocenters. The summed E-state index contributed by atoms with van der Waals surface area (Å²) in [7, 11) is 0. The van der Waals surface area contributed by atoms with Crippen molar-refractivity contribution in [3.63, 3.8) is 0 Å². The second-order valence-electron chi connectivity index (χ2n) is 5.72. The Morgan fingerprint density at radius 3 is 2.61 bits per heavy atom. The molecule has 2 heterocycles. The highest BCUT2D eigenvalue weighted by atomic mass is 35.5. The number of cyclic esters (lactones) is 1. The van der Waals surface area contributed by atoms with Gasteiger partial charge in [0.2, 0.25) is 11.7 Å². The van der Waals surface area contributed by atoms with Gasteiger partial charge in [-0.1, -0.05) is 41.9 Å². The van der Waals surface area contributed by atoms with Crippen molar-refractivity contribution in [2.24, 2.45) is 4.99 Å². The molecule has 0 saturated heterocycles. The number of hydrogen-bond donors (Lipinski definition) is 0. The minimum absolute atomic E-state index is 0.0661. The van der Waals surface area contributed by atoms with E-state index in [1.807, 2.05) is 0 Å². The normalized spacial score (nSPS) is 14.7. The minimum Gasteiger partial charge on any atom is -0.457 e. The predicted octanol–water partition coefficient (Wildman–Crippen LogP) is 4.50. The first-order valence-electron chi connectivity index (χ1n) is 8.24. The van der Waals surface area contributed by atoms with E-state index in [1.54, 1.807) is 54.6 Å². The van der Waals surface area contributed by atoms with Crippen LogP contribution in [0.2, 0.25) is 5.02 Å². The number of halogens is 1. The lowest BCUT2D eigenvalue weighted by Crippen LogP contribution is -2.08. The van der Waals surface area contributed by atoms with Crippen molar-refractivity contribution in [1.29, 1.82) is 0 Å². The lowest BCUT2D eigenvalue weighted by Gasteiger charge is -2.06. The molecule has 0 N–H and O–H groups in total. The quantitative estimate of drug-likeness (QED) is 0.370. The first-order chi connectivity index (χ1) is 13.6. The van der Waals surface area contributed by atoms with Gasteiger partial charge in [-0.2, -0.15) is 0 Å². The lowest BCUT2D eigenvalue weighted by atomic mass is 10.1. The van der Waals surface area contributed by atoms with Crippen LogP contribution in [0, 0.1) is 0 Å². The van der Waals surface area contributed by atoms with E-state index in [9.17, 15) is 9.59 Å². The molecule has 7 heteroatoms. The van der Waals surface area contributed by atoms with Gasteiger partial charge in [-0.3, -0.25) is 0 Å². The highest BCUT2D eigenvalue weighted by molar-refractivity contribution is 6.34. The largest absolute Gasteiger partial charge is 0.457 e. The molecule has 2 aromatic carbocycles. The number of carbonyl (C=O) groups is 2. The molecule has 6 nitrogen and oxygen atoms in total. The van der Waals surface area contributed by atoms with E-state index >= 15 is 0 Å². The van der Waals surface area contributed by atoms with Gasteiger partial charge < -0.3 is 13.9 Å². The molecule has 28 heavy (non-hydrogen) atoms. The first-order valence-corrected chi connectivity index (χ1v) is 8.62. The number of carbonyl (C=O) groups excluding carboxylic acids is 2. The molecule has 0 fully saturated rings. The number of rotatable bonds is 4. The van der Waals surface area contributed by atoms with Crippen molar-refractivity contribution in [2.45, 2.75) is 0 Å². The number of benzene rings is 2. The third kappa shape index (κ3) is 3.58. The first kappa shape index (κ1) is 17.8. The second-order valence-corrected chi connectivity index (χ2v) is 6.13. The summed E-state index contributed by atoms with van der Waals surface area (Å²) in [5, 5.41) is 0.420. The van der Waals surface area contributed by atoms with E-state index in [2.05, 4.69) is 4.99 Å². The summed E-state index contributed by atoms with van der Waals surface area (Å²) in [6, 6.07) is 16.7. The van der Waals surface area contributed by atoms with Crippen LogP contribution in [-0.2, 0) is 9.53 Å². The number of ether oxygens (including phenoxy) is 2. The fourth-order valence-electron chi connectivity index (χ4n) is 2.54. The highest BCUT2D eigenvalue weighted by Crippen LogP contribution is 2.27. The van der Waals surface area contributed by atoms with Gasteiger partial charge >= 0.3 is 11.9 Å². The Bertz CT molecular complexity index is 1120. The van der Waals surface area contributed by atoms with E-state index in [4.69, 9.17) is 25.5 Å². The third-order valence-corrected chi connectivity index (χ3v) is 4.19. The summed E-state index contributed by atoms with van der Waals surface area (Å²) in [6.07, 6.45) is 2.86. The molecule has 0 radical (unpaired) electrons. The van der Waals surface area contributed by atoms with Gasteiger partial charge in [0, 0.05) is 5.56 Å². The predicted molar refractivity (Wildman–Crippen MR) is 102 cm³/mol. The van der Waals surface area contributed by atoms with Gasteiger partial charge in [-0.15, -0.1) is 0 Å². The summed E-state index contributed by atoms with van der Waals surface area (Å²) in [6.45, 7) is 0. The van der Waals surface area contributed by atoms with E-state index in [1.165, 1.54) is 18.4 Å². The summed E-state index contributed by atoms with van der Waals surface area (Å²) >= 11 is 6.13. The Hall–Kier alpha value is -3.64. The number of furan rings is 1. The zero-order chi connectivity index (χ0) is 19.5. The van der Waals surface area contributed by atoms with Crippen LogP contribution in [0.5, 0.6) is 5.75 Å². The Morgan fingerprint density at radius 2 is 1.82 bits per heavy atom. The van der Waals surface area contributed by atoms with Crippen LogP contribution in [0.25, 0.3) is 6.08 Å². The van der Waals surface area contributed by atoms with Crippen LogP contribution in [0.1, 0.15) is 21.7 Å². The molecule has 0 unspecified atom stereocenters. The van der Waals surface area contributed by atoms with Gasteiger partial charge in [-0.25, -0.2) is 14.6 Å². The fraction of sp³-hybridized carbons (Fsp3) is 0. The smallest absolute Gasteiger partial charge is 0.379 e. The van der Waals surface area contributed by atoms with E-state index in [0.29, 0.717) is 16.1 Å². The van der Waals surface area contributed by atoms with Crippen LogP contribution in [-0.4, -0.2) is 17.8 Å². The van der Waals surface area contributed by atoms with Gasteiger partial charge in [0.05, 0.1) is 16.8 Å². The van der Waals surface area contributed by atoms with Crippen LogP contribution < -0.4 is 4.74 Å². The molecule has 3 aromatic rings. The molecule has 1 aromatic heterocycles. The fourth-order valence-corrected chi connectivity index (χ4v) is 2.76. The number of nitrogens with zero attached hydrogens (tertiary/aromatic N) is 1. The average Bonchev–Trinajstić information content (AvgIpc) is 3.34. The molecule has 1 aliphatic heterocycles. The zero-order valence-electron chi connectivity index (χ0n) is 14.3. The maximum atomic E-state index is 12.2.